The second kappa shape index (κ2) is 5.41. The molecule has 0 aliphatic carbocycles. The Hall–Kier alpha value is -2.01. The van der Waals surface area contributed by atoms with Crippen molar-refractivity contribution in [3.05, 3.63) is 30.0 Å². The Bertz CT molecular complexity index is 629. The molecule has 1 aliphatic heterocycles. The maximum atomic E-state index is 5.59. The summed E-state index contributed by atoms with van der Waals surface area (Å²) in [5, 5.41) is 7.48. The van der Waals surface area contributed by atoms with Gasteiger partial charge in [0, 0.05) is 23.7 Å². The summed E-state index contributed by atoms with van der Waals surface area (Å²) >= 11 is 0. The molecule has 2 heterocycles. The van der Waals surface area contributed by atoms with Gasteiger partial charge in [0.15, 0.2) is 17.3 Å². The molecule has 0 fully saturated rings. The van der Waals surface area contributed by atoms with Gasteiger partial charge in [0.2, 0.25) is 0 Å². The molecular formula is C16H20N2O3. The van der Waals surface area contributed by atoms with Gasteiger partial charge in [-0.1, -0.05) is 5.16 Å². The van der Waals surface area contributed by atoms with Crippen molar-refractivity contribution in [3.63, 3.8) is 0 Å². The molecule has 112 valence electrons. The molecule has 0 unspecified atom stereocenters. The van der Waals surface area contributed by atoms with Crippen LogP contribution >= 0.6 is 0 Å². The number of hydrogen-bond donors (Lipinski definition) is 1. The molecule has 1 aromatic carbocycles. The summed E-state index contributed by atoms with van der Waals surface area (Å²) in [7, 11) is 0. The first-order chi connectivity index (χ1) is 10.0. The van der Waals surface area contributed by atoms with Crippen LogP contribution < -0.4 is 14.8 Å². The Morgan fingerprint density at radius 1 is 1.10 bits per heavy atom. The van der Waals surface area contributed by atoms with Crippen LogP contribution in [-0.2, 0) is 6.54 Å². The fraction of sp³-hybridized carbons (Fsp3) is 0.438. The molecule has 0 amide bonds. The van der Waals surface area contributed by atoms with Crippen LogP contribution in [0.2, 0.25) is 0 Å². The van der Waals surface area contributed by atoms with Crippen LogP contribution in [0, 0.1) is 0 Å². The Kier molecular flexibility index (Phi) is 3.59. The molecule has 2 aromatic rings. The number of nitrogens with one attached hydrogen (secondary N) is 1. The maximum absolute atomic E-state index is 5.59. The van der Waals surface area contributed by atoms with Crippen LogP contribution in [-0.4, -0.2) is 23.9 Å². The van der Waals surface area contributed by atoms with E-state index in [1.165, 1.54) is 0 Å². The number of fused-ring (bicyclic) bond motifs is 1. The highest BCUT2D eigenvalue weighted by molar-refractivity contribution is 5.63. The quantitative estimate of drug-likeness (QED) is 0.941. The predicted molar refractivity (Wildman–Crippen MR) is 79.5 cm³/mol. The van der Waals surface area contributed by atoms with E-state index in [9.17, 15) is 0 Å². The van der Waals surface area contributed by atoms with Gasteiger partial charge >= 0.3 is 0 Å². The van der Waals surface area contributed by atoms with Gasteiger partial charge in [0.25, 0.3) is 0 Å². The standard InChI is InChI=1S/C16H20N2O3/c1-16(2,3)17-10-12-9-14(21-18-12)11-4-5-13-15(8-11)20-7-6-19-13/h4-5,8-9,17H,6-7,10H2,1-3H3. The van der Waals surface area contributed by atoms with E-state index in [1.807, 2.05) is 24.3 Å². The zero-order valence-corrected chi connectivity index (χ0v) is 12.6. The lowest BCUT2D eigenvalue weighted by atomic mass is 10.1. The molecule has 21 heavy (non-hydrogen) atoms. The average molecular weight is 288 g/mol. The SMILES string of the molecule is CC(C)(C)NCc1cc(-c2ccc3c(c2)OCCO3)on1. The Morgan fingerprint density at radius 3 is 2.62 bits per heavy atom. The van der Waals surface area contributed by atoms with Crippen LogP contribution in [0.3, 0.4) is 0 Å². The number of rotatable bonds is 3. The predicted octanol–water partition coefficient (Wildman–Crippen LogP) is 3.00. The summed E-state index contributed by atoms with van der Waals surface area (Å²) in [5.74, 6) is 2.27. The third-order valence-corrected chi connectivity index (χ3v) is 3.19. The Balaban J connectivity index is 1.77. The summed E-state index contributed by atoms with van der Waals surface area (Å²) in [6.45, 7) is 8.21. The van der Waals surface area contributed by atoms with Gasteiger partial charge in [-0.3, -0.25) is 0 Å². The molecular weight excluding hydrogens is 268 g/mol. The van der Waals surface area contributed by atoms with Gasteiger partial charge in [-0.15, -0.1) is 0 Å². The second-order valence-electron chi connectivity index (χ2n) is 6.14. The zero-order chi connectivity index (χ0) is 14.9. The van der Waals surface area contributed by atoms with Crippen molar-refractivity contribution in [1.29, 1.82) is 0 Å². The summed E-state index contributed by atoms with van der Waals surface area (Å²) in [6.07, 6.45) is 0. The summed E-state index contributed by atoms with van der Waals surface area (Å²) in [6, 6.07) is 7.73. The first kappa shape index (κ1) is 13.9. The number of ether oxygens (including phenoxy) is 2. The molecule has 1 aromatic heterocycles. The van der Waals surface area contributed by atoms with E-state index < -0.39 is 0 Å². The lowest BCUT2D eigenvalue weighted by Crippen LogP contribution is -2.35. The van der Waals surface area contributed by atoms with E-state index in [0.29, 0.717) is 19.8 Å². The Labute approximate surface area is 124 Å². The van der Waals surface area contributed by atoms with Crippen molar-refractivity contribution in [1.82, 2.24) is 10.5 Å². The van der Waals surface area contributed by atoms with Crippen LogP contribution in [0.4, 0.5) is 0 Å². The van der Waals surface area contributed by atoms with Gasteiger partial charge in [-0.2, -0.15) is 0 Å². The number of benzene rings is 1. The van der Waals surface area contributed by atoms with Crippen molar-refractivity contribution >= 4 is 0 Å². The minimum atomic E-state index is 0.0517. The van der Waals surface area contributed by atoms with Gasteiger partial charge in [-0.25, -0.2) is 0 Å². The largest absolute Gasteiger partial charge is 0.486 e. The van der Waals surface area contributed by atoms with Crippen molar-refractivity contribution < 1.29 is 14.0 Å². The monoisotopic (exact) mass is 288 g/mol. The third kappa shape index (κ3) is 3.36. The normalized spacial score (nSPS) is 14.2. The van der Waals surface area contributed by atoms with Crippen LogP contribution in [0.5, 0.6) is 11.5 Å². The highest BCUT2D eigenvalue weighted by atomic mass is 16.6. The molecule has 5 heteroatoms. The molecule has 0 atom stereocenters. The van der Waals surface area contributed by atoms with Gasteiger partial charge in [0.05, 0.1) is 5.69 Å². The van der Waals surface area contributed by atoms with E-state index in [2.05, 4.69) is 31.2 Å². The smallest absolute Gasteiger partial charge is 0.167 e. The van der Waals surface area contributed by atoms with Crippen LogP contribution in [0.25, 0.3) is 11.3 Å². The summed E-state index contributed by atoms with van der Waals surface area (Å²) in [5.41, 5.74) is 1.87. The van der Waals surface area contributed by atoms with Gasteiger partial charge in [-0.05, 0) is 39.0 Å². The minimum absolute atomic E-state index is 0.0517. The maximum Gasteiger partial charge on any atom is 0.167 e. The zero-order valence-electron chi connectivity index (χ0n) is 12.6. The molecule has 0 saturated carbocycles. The first-order valence-electron chi connectivity index (χ1n) is 7.12. The molecule has 0 bridgehead atoms. The van der Waals surface area contributed by atoms with Crippen molar-refractivity contribution in [3.8, 4) is 22.8 Å². The van der Waals surface area contributed by atoms with Crippen LogP contribution in [0.15, 0.2) is 28.8 Å². The fourth-order valence-electron chi connectivity index (χ4n) is 2.08. The highest BCUT2D eigenvalue weighted by Gasteiger charge is 2.15. The molecule has 0 radical (unpaired) electrons. The molecule has 0 saturated heterocycles. The van der Waals surface area contributed by atoms with E-state index in [1.54, 1.807) is 0 Å². The van der Waals surface area contributed by atoms with Crippen molar-refractivity contribution in [2.24, 2.45) is 0 Å². The van der Waals surface area contributed by atoms with E-state index >= 15 is 0 Å². The van der Waals surface area contributed by atoms with Crippen LogP contribution in [0.1, 0.15) is 26.5 Å². The molecule has 3 rings (SSSR count). The molecule has 0 spiro atoms. The van der Waals surface area contributed by atoms with Crippen molar-refractivity contribution in [2.45, 2.75) is 32.9 Å². The van der Waals surface area contributed by atoms with E-state index in [-0.39, 0.29) is 5.54 Å². The molecule has 5 nitrogen and oxygen atoms in total. The first-order valence-corrected chi connectivity index (χ1v) is 7.12. The average Bonchev–Trinajstić information content (AvgIpc) is 2.93. The van der Waals surface area contributed by atoms with Gasteiger partial charge < -0.3 is 19.3 Å². The van der Waals surface area contributed by atoms with Gasteiger partial charge in [0.1, 0.15) is 13.2 Å². The highest BCUT2D eigenvalue weighted by Crippen LogP contribution is 2.34. The Morgan fingerprint density at radius 2 is 1.86 bits per heavy atom. The number of aromatic nitrogens is 1. The second-order valence-corrected chi connectivity index (χ2v) is 6.14. The van der Waals surface area contributed by atoms with E-state index in [4.69, 9.17) is 14.0 Å². The van der Waals surface area contributed by atoms with Crippen molar-refractivity contribution in [2.75, 3.05) is 13.2 Å². The van der Waals surface area contributed by atoms with E-state index in [0.717, 1.165) is 28.5 Å². The summed E-state index contributed by atoms with van der Waals surface area (Å²) < 4.78 is 16.5. The lowest BCUT2D eigenvalue weighted by Gasteiger charge is -2.19. The minimum Gasteiger partial charge on any atom is -0.486 e. The number of hydrogen-bond acceptors (Lipinski definition) is 5. The summed E-state index contributed by atoms with van der Waals surface area (Å²) in [4.78, 5) is 0. The number of nitrogens with zero attached hydrogens (tertiary/aromatic N) is 1. The lowest BCUT2D eigenvalue weighted by molar-refractivity contribution is 0.171. The molecule has 1 N–H and O–H groups in total. The fourth-order valence-corrected chi connectivity index (χ4v) is 2.08. The molecule has 1 aliphatic rings. The third-order valence-electron chi connectivity index (χ3n) is 3.19. The topological polar surface area (TPSA) is 56.5 Å².